The summed E-state index contributed by atoms with van der Waals surface area (Å²) in [5.41, 5.74) is 7.63. The van der Waals surface area contributed by atoms with Gasteiger partial charge < -0.3 is 4.74 Å². The summed E-state index contributed by atoms with van der Waals surface area (Å²) >= 11 is 0. The maximum absolute atomic E-state index is 12.0. The van der Waals surface area contributed by atoms with Crippen molar-refractivity contribution in [1.29, 1.82) is 0 Å². The number of ether oxygens (including phenoxy) is 1. The number of fused-ring (bicyclic) bond motifs is 1. The minimum absolute atomic E-state index is 0.183. The Hall–Kier alpha value is -3.60. The largest absolute Gasteiger partial charge is 0.483 e. The van der Waals surface area contributed by atoms with E-state index < -0.39 is 11.8 Å². The average molecular weight is 374 g/mol. The Morgan fingerprint density at radius 3 is 2.61 bits per heavy atom. The minimum atomic E-state index is -0.437. The van der Waals surface area contributed by atoms with E-state index in [1.807, 2.05) is 74.5 Å². The van der Waals surface area contributed by atoms with Crippen molar-refractivity contribution in [3.8, 4) is 5.75 Å². The number of nitrogens with one attached hydrogen (secondary N) is 2. The maximum atomic E-state index is 12.0. The van der Waals surface area contributed by atoms with Crippen molar-refractivity contribution in [3.63, 3.8) is 0 Å². The second kappa shape index (κ2) is 8.86. The zero-order valence-electron chi connectivity index (χ0n) is 15.9. The Labute approximate surface area is 164 Å². The van der Waals surface area contributed by atoms with Crippen LogP contribution in [-0.4, -0.2) is 18.4 Å². The van der Waals surface area contributed by atoms with Gasteiger partial charge in [-0.2, -0.15) is 0 Å². The van der Waals surface area contributed by atoms with Crippen LogP contribution in [0.4, 0.5) is 0 Å². The van der Waals surface area contributed by atoms with Crippen LogP contribution in [0.5, 0.6) is 5.75 Å². The summed E-state index contributed by atoms with van der Waals surface area (Å²) in [6, 6.07) is 19.6. The second-order valence-electron chi connectivity index (χ2n) is 6.50. The molecule has 3 rings (SSSR count). The van der Waals surface area contributed by atoms with Gasteiger partial charge in [-0.05, 0) is 53.5 Å². The molecule has 0 aromatic heterocycles. The Kier molecular flexibility index (Phi) is 6.07. The standard InChI is InChI=1S/C23H22N2O3/c1-16-10-11-17(2)21(14-16)28-15-23(27)25-24-22(26)13-12-19-8-5-7-18-6-3-4-9-20(18)19/h3-14H,15H2,1-2H3,(H,24,26)(H,25,27)/b13-12+. The minimum Gasteiger partial charge on any atom is -0.483 e. The van der Waals surface area contributed by atoms with E-state index in [-0.39, 0.29) is 6.61 Å². The van der Waals surface area contributed by atoms with Crippen LogP contribution in [-0.2, 0) is 9.59 Å². The van der Waals surface area contributed by atoms with Crippen LogP contribution in [0.1, 0.15) is 16.7 Å². The molecule has 2 N–H and O–H groups in total. The van der Waals surface area contributed by atoms with E-state index >= 15 is 0 Å². The molecule has 0 saturated heterocycles. The molecule has 0 fully saturated rings. The van der Waals surface area contributed by atoms with Crippen molar-refractivity contribution in [3.05, 3.63) is 83.4 Å². The number of amides is 2. The molecule has 0 spiro atoms. The van der Waals surface area contributed by atoms with Crippen LogP contribution < -0.4 is 15.6 Å². The molecule has 0 aliphatic heterocycles. The predicted molar refractivity (Wildman–Crippen MR) is 111 cm³/mol. The topological polar surface area (TPSA) is 67.4 Å². The quantitative estimate of drug-likeness (QED) is 0.529. The molecule has 0 atom stereocenters. The molecule has 142 valence electrons. The fourth-order valence-electron chi connectivity index (χ4n) is 2.78. The zero-order chi connectivity index (χ0) is 19.9. The Balaban J connectivity index is 1.51. The van der Waals surface area contributed by atoms with E-state index in [9.17, 15) is 9.59 Å². The van der Waals surface area contributed by atoms with Crippen molar-refractivity contribution in [1.82, 2.24) is 10.9 Å². The number of carbonyl (C=O) groups excluding carboxylic acids is 2. The Morgan fingerprint density at radius 1 is 0.964 bits per heavy atom. The highest BCUT2D eigenvalue weighted by Gasteiger charge is 2.06. The fourth-order valence-corrected chi connectivity index (χ4v) is 2.78. The number of hydrazine groups is 1. The van der Waals surface area contributed by atoms with Crippen LogP contribution in [0, 0.1) is 13.8 Å². The third kappa shape index (κ3) is 4.98. The Morgan fingerprint density at radius 2 is 1.75 bits per heavy atom. The van der Waals surface area contributed by atoms with Crippen molar-refractivity contribution < 1.29 is 14.3 Å². The molecule has 0 aliphatic carbocycles. The van der Waals surface area contributed by atoms with Crippen molar-refractivity contribution >= 4 is 28.7 Å². The van der Waals surface area contributed by atoms with Crippen molar-refractivity contribution in [2.45, 2.75) is 13.8 Å². The first-order valence-electron chi connectivity index (χ1n) is 8.97. The summed E-state index contributed by atoms with van der Waals surface area (Å²) < 4.78 is 5.51. The number of rotatable bonds is 5. The highest BCUT2D eigenvalue weighted by Crippen LogP contribution is 2.20. The normalized spacial score (nSPS) is 10.8. The molecule has 0 unspecified atom stereocenters. The average Bonchev–Trinajstić information content (AvgIpc) is 2.71. The van der Waals surface area contributed by atoms with Gasteiger partial charge in [0.2, 0.25) is 0 Å². The molecule has 5 heteroatoms. The van der Waals surface area contributed by atoms with Gasteiger partial charge in [0.05, 0.1) is 0 Å². The van der Waals surface area contributed by atoms with E-state index in [1.165, 1.54) is 6.08 Å². The molecule has 2 amide bonds. The molecule has 28 heavy (non-hydrogen) atoms. The van der Waals surface area contributed by atoms with E-state index in [0.29, 0.717) is 5.75 Å². The van der Waals surface area contributed by atoms with Gasteiger partial charge in [-0.3, -0.25) is 20.4 Å². The molecule has 0 heterocycles. The SMILES string of the molecule is Cc1ccc(C)c(OCC(=O)NNC(=O)/C=C/c2cccc3ccccc23)c1. The summed E-state index contributed by atoms with van der Waals surface area (Å²) in [7, 11) is 0. The summed E-state index contributed by atoms with van der Waals surface area (Å²) in [6.45, 7) is 3.68. The smallest absolute Gasteiger partial charge is 0.276 e. The summed E-state index contributed by atoms with van der Waals surface area (Å²) in [6.07, 6.45) is 3.10. The highest BCUT2D eigenvalue weighted by molar-refractivity contribution is 5.97. The maximum Gasteiger partial charge on any atom is 0.276 e. The molecular weight excluding hydrogens is 352 g/mol. The van der Waals surface area contributed by atoms with Gasteiger partial charge >= 0.3 is 0 Å². The number of hydrogen-bond acceptors (Lipinski definition) is 3. The molecule has 0 aliphatic rings. The van der Waals surface area contributed by atoms with Gasteiger partial charge in [0.1, 0.15) is 5.75 Å². The van der Waals surface area contributed by atoms with E-state index in [0.717, 1.165) is 27.5 Å². The summed E-state index contributed by atoms with van der Waals surface area (Å²) in [4.78, 5) is 23.9. The van der Waals surface area contributed by atoms with Crippen LogP contribution in [0.25, 0.3) is 16.8 Å². The lowest BCUT2D eigenvalue weighted by atomic mass is 10.0. The first kappa shape index (κ1) is 19.2. The van der Waals surface area contributed by atoms with Gasteiger partial charge in [0.15, 0.2) is 6.61 Å². The van der Waals surface area contributed by atoms with Crippen LogP contribution in [0.15, 0.2) is 66.7 Å². The summed E-state index contributed by atoms with van der Waals surface area (Å²) in [5.74, 6) is -0.210. The number of aryl methyl sites for hydroxylation is 2. The van der Waals surface area contributed by atoms with Gasteiger partial charge in [-0.25, -0.2) is 0 Å². The zero-order valence-corrected chi connectivity index (χ0v) is 15.9. The Bertz CT molecular complexity index is 1040. The molecule has 0 bridgehead atoms. The highest BCUT2D eigenvalue weighted by atomic mass is 16.5. The first-order chi connectivity index (χ1) is 13.5. The van der Waals surface area contributed by atoms with Crippen LogP contribution in [0.3, 0.4) is 0 Å². The molecular formula is C23H22N2O3. The predicted octanol–water partition coefficient (Wildman–Crippen LogP) is 3.70. The molecule has 0 saturated carbocycles. The number of carbonyl (C=O) groups is 2. The number of hydrogen-bond donors (Lipinski definition) is 2. The summed E-state index contributed by atoms with van der Waals surface area (Å²) in [5, 5.41) is 2.15. The number of benzene rings is 3. The van der Waals surface area contributed by atoms with Gasteiger partial charge in [0.25, 0.3) is 11.8 Å². The molecule has 3 aromatic carbocycles. The molecule has 5 nitrogen and oxygen atoms in total. The molecule has 0 radical (unpaired) electrons. The second-order valence-corrected chi connectivity index (χ2v) is 6.50. The van der Waals surface area contributed by atoms with E-state index in [1.54, 1.807) is 6.08 Å². The van der Waals surface area contributed by atoms with Gasteiger partial charge in [-0.1, -0.05) is 54.6 Å². The van der Waals surface area contributed by atoms with Gasteiger partial charge in [0, 0.05) is 6.08 Å². The first-order valence-corrected chi connectivity index (χ1v) is 8.97. The monoisotopic (exact) mass is 374 g/mol. The third-order valence-electron chi connectivity index (χ3n) is 4.27. The van der Waals surface area contributed by atoms with Crippen molar-refractivity contribution in [2.75, 3.05) is 6.61 Å². The lowest BCUT2D eigenvalue weighted by Gasteiger charge is -2.10. The van der Waals surface area contributed by atoms with Crippen LogP contribution >= 0.6 is 0 Å². The lowest BCUT2D eigenvalue weighted by Crippen LogP contribution is -2.43. The fraction of sp³-hybridized carbons (Fsp3) is 0.130. The van der Waals surface area contributed by atoms with Crippen molar-refractivity contribution in [2.24, 2.45) is 0 Å². The van der Waals surface area contributed by atoms with Crippen LogP contribution in [0.2, 0.25) is 0 Å². The lowest BCUT2D eigenvalue weighted by molar-refractivity contribution is -0.128. The van der Waals surface area contributed by atoms with E-state index in [2.05, 4.69) is 10.9 Å². The third-order valence-corrected chi connectivity index (χ3v) is 4.27. The van der Waals surface area contributed by atoms with E-state index in [4.69, 9.17) is 4.74 Å². The molecule has 3 aromatic rings. The van der Waals surface area contributed by atoms with Gasteiger partial charge in [-0.15, -0.1) is 0 Å².